The third kappa shape index (κ3) is 8.93. The van der Waals surface area contributed by atoms with E-state index < -0.39 is 44.7 Å². The number of nitrogens with two attached hydrogens (primary N) is 1. The molecule has 1 unspecified atom stereocenters. The van der Waals surface area contributed by atoms with E-state index in [1.165, 1.54) is 37.0 Å². The molecule has 4 atom stereocenters. The molecule has 3 aromatic rings. The number of halogens is 1. The fourth-order valence-electron chi connectivity index (χ4n) is 3.89. The van der Waals surface area contributed by atoms with E-state index in [0.717, 1.165) is 12.8 Å². The summed E-state index contributed by atoms with van der Waals surface area (Å²) in [5.74, 6) is -0.322. The first-order valence-corrected chi connectivity index (χ1v) is 15.1. The number of nitrogen functional groups attached to an aromatic ring is 1. The van der Waals surface area contributed by atoms with Gasteiger partial charge in [0.25, 0.3) is 0 Å². The average Bonchev–Trinajstić information content (AvgIpc) is 3.39. The maximum Gasteiger partial charge on any atom is 0.459 e. The number of nitrogens with zero attached hydrogens (tertiary/aromatic N) is 3. The number of carbonyl (C=O) groups excluding carboxylic acids is 1. The van der Waals surface area contributed by atoms with Crippen LogP contribution in [0.25, 0.3) is 5.52 Å². The van der Waals surface area contributed by atoms with E-state index in [1.807, 2.05) is 6.92 Å². The Hall–Kier alpha value is -3.13. The predicted octanol–water partition coefficient (Wildman–Crippen LogP) is 3.11. The number of methoxy groups -OCH3 is 1. The van der Waals surface area contributed by atoms with Crippen LogP contribution in [-0.2, 0) is 34.5 Å². The summed E-state index contributed by atoms with van der Waals surface area (Å²) in [5.41, 5.74) is 4.93. The number of unbranched alkanes of at least 4 members (excludes halogenated alkanes) is 1. The summed E-state index contributed by atoms with van der Waals surface area (Å²) >= 11 is 0. The van der Waals surface area contributed by atoms with Crippen LogP contribution in [0.5, 0.6) is 5.75 Å². The van der Waals surface area contributed by atoms with Gasteiger partial charge in [0, 0.05) is 25.8 Å². The van der Waals surface area contributed by atoms with Crippen LogP contribution < -0.4 is 15.3 Å². The maximum absolute atomic E-state index is 14.6. The summed E-state index contributed by atoms with van der Waals surface area (Å²) in [6.45, 7) is 2.33. The number of ether oxygens (including phenoxy) is 3. The first-order valence-electron chi connectivity index (χ1n) is 13.5. The van der Waals surface area contributed by atoms with Crippen molar-refractivity contribution in [3.63, 3.8) is 0 Å². The second-order valence-electron chi connectivity index (χ2n) is 9.55. The number of nitrogens with one attached hydrogen (secondary N) is 1. The fourth-order valence-corrected chi connectivity index (χ4v) is 5.44. The lowest BCUT2D eigenvalue weighted by Crippen LogP contribution is -2.51. The molecule has 42 heavy (non-hydrogen) atoms. The van der Waals surface area contributed by atoms with Gasteiger partial charge in [0.1, 0.15) is 42.5 Å². The lowest BCUT2D eigenvalue weighted by Gasteiger charge is -2.35. The zero-order valence-electron chi connectivity index (χ0n) is 24.0. The number of aliphatic hydroxyl groups excluding tert-OH is 1. The number of alkyl halides is 1. The number of aliphatic hydroxyl groups is 1. The summed E-state index contributed by atoms with van der Waals surface area (Å²) < 4.78 is 57.2. The van der Waals surface area contributed by atoms with Gasteiger partial charge in [0.05, 0.1) is 19.3 Å². The number of benzene rings is 1. The Kier molecular flexibility index (Phi) is 12.6. The third-order valence-corrected chi connectivity index (χ3v) is 8.09. The van der Waals surface area contributed by atoms with E-state index in [9.17, 15) is 18.9 Å². The fraction of sp³-hybridized carbons (Fsp3) is 0.519. The SMILES string of the molecule is CCCCOCCOC(=O)[C@H](C)NP(=O)(OC[C@@](CF)(OC)[C@@H](O)Cc1ccc2c(N)ncnn12)Oc1ccccc1. The van der Waals surface area contributed by atoms with Crippen LogP contribution in [0.15, 0.2) is 48.8 Å². The second-order valence-corrected chi connectivity index (χ2v) is 11.2. The standard InChI is InChI=1S/C27H39FN5O8P/c1-4-5-13-38-14-15-39-26(35)20(2)32-42(36,41-22-9-7-6-8-10-22)40-18-27(17-28,37-3)24(34)16-21-11-12-23-25(29)30-19-31-33(21)23/h6-12,19-20,24,34H,4-5,13-18H2,1-3H3,(H,32,36)(H2,29,30,31)/t20-,24-,27+,42?/m0/s1. The van der Waals surface area contributed by atoms with Crippen LogP contribution in [0.1, 0.15) is 32.4 Å². The topological polar surface area (TPSA) is 169 Å². The quantitative estimate of drug-likeness (QED) is 0.103. The van der Waals surface area contributed by atoms with Crippen LogP contribution >= 0.6 is 7.75 Å². The largest absolute Gasteiger partial charge is 0.462 e. The molecule has 0 aliphatic carbocycles. The number of hydrogen-bond acceptors (Lipinski definition) is 11. The summed E-state index contributed by atoms with van der Waals surface area (Å²) in [6.07, 6.45) is 1.53. The van der Waals surface area contributed by atoms with Crippen molar-refractivity contribution < 1.29 is 42.1 Å². The Morgan fingerprint density at radius 3 is 2.67 bits per heavy atom. The zero-order chi connectivity index (χ0) is 30.6. The van der Waals surface area contributed by atoms with Crippen molar-refractivity contribution >= 4 is 25.1 Å². The van der Waals surface area contributed by atoms with Gasteiger partial charge in [0.2, 0.25) is 0 Å². The van der Waals surface area contributed by atoms with Crippen LogP contribution in [-0.4, -0.2) is 83.6 Å². The molecule has 3 rings (SSSR count). The molecule has 0 saturated carbocycles. The van der Waals surface area contributed by atoms with E-state index in [1.54, 1.807) is 30.3 Å². The Balaban J connectivity index is 1.73. The van der Waals surface area contributed by atoms with Crippen molar-refractivity contribution in [2.75, 3.05) is 45.9 Å². The number of fused-ring (bicyclic) bond motifs is 1. The second kappa shape index (κ2) is 15.9. The molecular weight excluding hydrogens is 572 g/mol. The van der Waals surface area contributed by atoms with Gasteiger partial charge in [-0.3, -0.25) is 9.32 Å². The molecule has 1 aromatic carbocycles. The number of rotatable bonds is 19. The number of anilines is 1. The molecule has 0 aliphatic rings. The van der Waals surface area contributed by atoms with Gasteiger partial charge in [-0.1, -0.05) is 31.5 Å². The van der Waals surface area contributed by atoms with Gasteiger partial charge in [-0.25, -0.2) is 18.5 Å². The highest BCUT2D eigenvalue weighted by atomic mass is 31.2. The summed E-state index contributed by atoms with van der Waals surface area (Å²) in [5, 5.41) is 17.8. The van der Waals surface area contributed by atoms with Gasteiger partial charge < -0.3 is 29.6 Å². The lowest BCUT2D eigenvalue weighted by molar-refractivity contribution is -0.147. The third-order valence-electron chi connectivity index (χ3n) is 6.47. The Morgan fingerprint density at radius 1 is 1.21 bits per heavy atom. The molecule has 2 aromatic heterocycles. The summed E-state index contributed by atoms with van der Waals surface area (Å²) in [6, 6.07) is 10.3. The van der Waals surface area contributed by atoms with Gasteiger partial charge in [-0.2, -0.15) is 10.2 Å². The molecule has 0 bridgehead atoms. The van der Waals surface area contributed by atoms with Crippen molar-refractivity contribution in [3.05, 3.63) is 54.5 Å². The van der Waals surface area contributed by atoms with Crippen LogP contribution in [0, 0.1) is 0 Å². The number of para-hydroxylation sites is 1. The highest BCUT2D eigenvalue weighted by Gasteiger charge is 2.43. The summed E-state index contributed by atoms with van der Waals surface area (Å²) in [4.78, 5) is 16.5. The molecule has 4 N–H and O–H groups in total. The van der Waals surface area contributed by atoms with Gasteiger partial charge in [0.15, 0.2) is 5.82 Å². The van der Waals surface area contributed by atoms with Gasteiger partial charge in [-0.05, 0) is 37.6 Å². The first kappa shape index (κ1) is 33.4. The monoisotopic (exact) mass is 611 g/mol. The van der Waals surface area contributed by atoms with Crippen LogP contribution in [0.2, 0.25) is 0 Å². The number of carbonyl (C=O) groups is 1. The Bertz CT molecular complexity index is 1310. The molecule has 0 amide bonds. The van der Waals surface area contributed by atoms with E-state index in [-0.39, 0.29) is 31.2 Å². The number of hydrogen-bond donors (Lipinski definition) is 3. The molecule has 0 radical (unpaired) electrons. The van der Waals surface area contributed by atoms with Crippen molar-refractivity contribution in [1.82, 2.24) is 19.7 Å². The molecule has 0 aliphatic heterocycles. The van der Waals surface area contributed by atoms with Crippen LogP contribution in [0.3, 0.4) is 0 Å². The van der Waals surface area contributed by atoms with Crippen molar-refractivity contribution in [2.45, 2.75) is 50.9 Å². The zero-order valence-corrected chi connectivity index (χ0v) is 24.9. The Labute approximate surface area is 244 Å². The van der Waals surface area contributed by atoms with Crippen molar-refractivity contribution in [1.29, 1.82) is 0 Å². The Morgan fingerprint density at radius 2 is 1.98 bits per heavy atom. The minimum atomic E-state index is -4.37. The average molecular weight is 612 g/mol. The molecule has 0 saturated heterocycles. The smallest absolute Gasteiger partial charge is 0.459 e. The molecule has 0 spiro atoms. The van der Waals surface area contributed by atoms with Gasteiger partial charge >= 0.3 is 13.7 Å². The highest BCUT2D eigenvalue weighted by Crippen LogP contribution is 2.46. The normalized spacial score (nSPS) is 15.9. The number of aromatic nitrogens is 3. The molecule has 15 heteroatoms. The minimum Gasteiger partial charge on any atom is -0.462 e. The molecular formula is C27H39FN5O8P. The van der Waals surface area contributed by atoms with Gasteiger partial charge in [-0.15, -0.1) is 0 Å². The first-order chi connectivity index (χ1) is 20.2. The predicted molar refractivity (Wildman–Crippen MR) is 153 cm³/mol. The molecule has 0 fully saturated rings. The van der Waals surface area contributed by atoms with Crippen molar-refractivity contribution in [3.8, 4) is 5.75 Å². The van der Waals surface area contributed by atoms with E-state index in [2.05, 4.69) is 15.2 Å². The molecule has 2 heterocycles. The van der Waals surface area contributed by atoms with E-state index in [4.69, 9.17) is 29.0 Å². The van der Waals surface area contributed by atoms with E-state index in [0.29, 0.717) is 17.8 Å². The highest BCUT2D eigenvalue weighted by molar-refractivity contribution is 7.52. The molecule has 13 nitrogen and oxygen atoms in total. The van der Waals surface area contributed by atoms with Crippen LogP contribution in [0.4, 0.5) is 10.2 Å². The van der Waals surface area contributed by atoms with Crippen molar-refractivity contribution in [2.24, 2.45) is 0 Å². The number of esters is 1. The maximum atomic E-state index is 14.6. The lowest BCUT2D eigenvalue weighted by atomic mass is 9.95. The summed E-state index contributed by atoms with van der Waals surface area (Å²) in [7, 11) is -3.17. The van der Waals surface area contributed by atoms with E-state index >= 15 is 0 Å². The molecule has 232 valence electrons. The minimum absolute atomic E-state index is 0.00505.